The molecule has 0 fully saturated rings. The number of halogens is 1. The Labute approximate surface area is 121 Å². The lowest BCUT2D eigenvalue weighted by Crippen LogP contribution is -2.10. The Hall–Kier alpha value is -1.33. The molecule has 0 amide bonds. The topological polar surface area (TPSA) is 39.1 Å². The predicted molar refractivity (Wildman–Crippen MR) is 80.4 cm³/mol. The Bertz CT molecular complexity index is 593. The zero-order valence-electron chi connectivity index (χ0n) is 11.6. The highest BCUT2D eigenvalue weighted by Crippen LogP contribution is 2.31. The number of benzene rings is 1. The lowest BCUT2D eigenvalue weighted by atomic mass is 10.1. The summed E-state index contributed by atoms with van der Waals surface area (Å²) in [5.41, 5.74) is 3.32. The number of nitrogens with zero attached hydrogens (tertiary/aromatic N) is 2. The normalized spacial score (nSPS) is 10.8. The van der Waals surface area contributed by atoms with E-state index in [1.54, 1.807) is 7.11 Å². The molecular formula is C14H18BrN3O. The highest BCUT2D eigenvalue weighted by Gasteiger charge is 2.14. The summed E-state index contributed by atoms with van der Waals surface area (Å²) in [6.45, 7) is 2.78. The molecule has 0 radical (unpaired) electrons. The fourth-order valence-electron chi connectivity index (χ4n) is 2.16. The van der Waals surface area contributed by atoms with Crippen molar-refractivity contribution in [1.82, 2.24) is 14.9 Å². The molecule has 1 aromatic heterocycles. The monoisotopic (exact) mass is 323 g/mol. The van der Waals surface area contributed by atoms with Gasteiger partial charge in [0.05, 0.1) is 19.3 Å². The molecule has 1 aromatic carbocycles. The van der Waals surface area contributed by atoms with Crippen molar-refractivity contribution in [2.24, 2.45) is 7.05 Å². The van der Waals surface area contributed by atoms with Crippen LogP contribution in [0.5, 0.6) is 5.75 Å². The average molecular weight is 324 g/mol. The third-order valence-corrected chi connectivity index (χ3v) is 3.70. The number of nitrogens with one attached hydrogen (secondary N) is 1. The SMILES string of the molecule is CNCc1nc(Br)c(-c2ccc(OC)c(C)c2)n1C. The quantitative estimate of drug-likeness (QED) is 0.940. The van der Waals surface area contributed by atoms with Crippen LogP contribution in [0.4, 0.5) is 0 Å². The maximum atomic E-state index is 5.30. The van der Waals surface area contributed by atoms with Gasteiger partial charge >= 0.3 is 0 Å². The van der Waals surface area contributed by atoms with Crippen molar-refractivity contribution in [3.63, 3.8) is 0 Å². The maximum Gasteiger partial charge on any atom is 0.132 e. The van der Waals surface area contributed by atoms with Gasteiger partial charge in [0.15, 0.2) is 0 Å². The summed E-state index contributed by atoms with van der Waals surface area (Å²) in [5.74, 6) is 1.90. The molecule has 0 bridgehead atoms. The fraction of sp³-hybridized carbons (Fsp3) is 0.357. The summed E-state index contributed by atoms with van der Waals surface area (Å²) in [6.07, 6.45) is 0. The minimum atomic E-state index is 0.740. The van der Waals surface area contributed by atoms with Crippen molar-refractivity contribution in [2.75, 3.05) is 14.2 Å². The van der Waals surface area contributed by atoms with E-state index in [0.29, 0.717) is 0 Å². The van der Waals surface area contributed by atoms with Crippen LogP contribution in [-0.4, -0.2) is 23.7 Å². The zero-order chi connectivity index (χ0) is 14.0. The first-order valence-corrected chi connectivity index (χ1v) is 6.88. The Kier molecular flexibility index (Phi) is 4.27. The van der Waals surface area contributed by atoms with Crippen molar-refractivity contribution in [3.05, 3.63) is 34.2 Å². The van der Waals surface area contributed by atoms with Gasteiger partial charge in [0.25, 0.3) is 0 Å². The van der Waals surface area contributed by atoms with Crippen LogP contribution in [0.25, 0.3) is 11.3 Å². The number of hydrogen-bond acceptors (Lipinski definition) is 3. The maximum absolute atomic E-state index is 5.30. The highest BCUT2D eigenvalue weighted by atomic mass is 79.9. The van der Waals surface area contributed by atoms with Gasteiger partial charge in [-0.1, -0.05) is 0 Å². The lowest BCUT2D eigenvalue weighted by molar-refractivity contribution is 0.412. The van der Waals surface area contributed by atoms with E-state index in [1.807, 2.05) is 27.1 Å². The zero-order valence-corrected chi connectivity index (χ0v) is 13.2. The Morgan fingerprint density at radius 3 is 2.74 bits per heavy atom. The Morgan fingerprint density at radius 1 is 1.42 bits per heavy atom. The molecule has 102 valence electrons. The van der Waals surface area contributed by atoms with Gasteiger partial charge < -0.3 is 14.6 Å². The predicted octanol–water partition coefficient (Wildman–Crippen LogP) is 2.89. The second-order valence-corrected chi connectivity index (χ2v) is 5.19. The molecular weight excluding hydrogens is 306 g/mol. The minimum absolute atomic E-state index is 0.740. The first-order chi connectivity index (χ1) is 9.08. The number of aromatic nitrogens is 2. The number of rotatable bonds is 4. The van der Waals surface area contributed by atoms with Crippen molar-refractivity contribution >= 4 is 15.9 Å². The van der Waals surface area contributed by atoms with Gasteiger partial charge in [-0.3, -0.25) is 0 Å². The molecule has 0 unspecified atom stereocenters. The Balaban J connectivity index is 2.49. The van der Waals surface area contributed by atoms with E-state index in [1.165, 1.54) is 0 Å². The van der Waals surface area contributed by atoms with Crippen LogP contribution in [0.15, 0.2) is 22.8 Å². The molecule has 0 aliphatic rings. The van der Waals surface area contributed by atoms with Crippen LogP contribution in [0.1, 0.15) is 11.4 Å². The third-order valence-electron chi connectivity index (χ3n) is 3.15. The van der Waals surface area contributed by atoms with E-state index in [2.05, 4.69) is 42.9 Å². The second-order valence-electron chi connectivity index (χ2n) is 4.44. The summed E-state index contributed by atoms with van der Waals surface area (Å²) in [7, 11) is 5.63. The first-order valence-electron chi connectivity index (χ1n) is 6.09. The first kappa shape index (κ1) is 14.1. The molecule has 0 aliphatic carbocycles. The molecule has 19 heavy (non-hydrogen) atoms. The van der Waals surface area contributed by atoms with E-state index in [9.17, 15) is 0 Å². The number of hydrogen-bond donors (Lipinski definition) is 1. The molecule has 0 saturated carbocycles. The molecule has 1 N–H and O–H groups in total. The van der Waals surface area contributed by atoms with Gasteiger partial charge in [-0.25, -0.2) is 4.98 Å². The second kappa shape index (κ2) is 5.75. The summed E-state index contributed by atoms with van der Waals surface area (Å²) in [4.78, 5) is 4.53. The minimum Gasteiger partial charge on any atom is -0.496 e. The van der Waals surface area contributed by atoms with Crippen LogP contribution >= 0.6 is 15.9 Å². The summed E-state index contributed by atoms with van der Waals surface area (Å²) < 4.78 is 8.26. The van der Waals surface area contributed by atoms with Crippen LogP contribution in [-0.2, 0) is 13.6 Å². The standard InChI is InChI=1S/C14H18BrN3O/c1-9-7-10(5-6-11(9)19-4)13-14(15)17-12(8-16-2)18(13)3/h5-7,16H,8H2,1-4H3. The third kappa shape index (κ3) is 2.67. The van der Waals surface area contributed by atoms with Gasteiger partial charge in [0.2, 0.25) is 0 Å². The van der Waals surface area contributed by atoms with E-state index in [-0.39, 0.29) is 0 Å². The van der Waals surface area contributed by atoms with Crippen molar-refractivity contribution in [3.8, 4) is 17.0 Å². The molecule has 0 aliphatic heterocycles. The van der Waals surface area contributed by atoms with Gasteiger partial charge in [0, 0.05) is 12.6 Å². The number of aryl methyl sites for hydroxylation is 1. The van der Waals surface area contributed by atoms with E-state index < -0.39 is 0 Å². The van der Waals surface area contributed by atoms with E-state index >= 15 is 0 Å². The average Bonchev–Trinajstić information content (AvgIpc) is 2.65. The number of methoxy groups -OCH3 is 1. The van der Waals surface area contributed by atoms with Crippen molar-refractivity contribution in [2.45, 2.75) is 13.5 Å². The highest BCUT2D eigenvalue weighted by molar-refractivity contribution is 9.10. The van der Waals surface area contributed by atoms with Crippen LogP contribution in [0.3, 0.4) is 0 Å². The Morgan fingerprint density at radius 2 is 2.16 bits per heavy atom. The molecule has 5 heteroatoms. The lowest BCUT2D eigenvalue weighted by Gasteiger charge is -2.09. The molecule has 2 rings (SSSR count). The molecule has 4 nitrogen and oxygen atoms in total. The number of ether oxygens (including phenoxy) is 1. The van der Waals surface area contributed by atoms with E-state index in [4.69, 9.17) is 4.74 Å². The van der Waals surface area contributed by atoms with Gasteiger partial charge in [-0.15, -0.1) is 0 Å². The van der Waals surface area contributed by atoms with Crippen LogP contribution < -0.4 is 10.1 Å². The fourth-order valence-corrected chi connectivity index (χ4v) is 2.86. The van der Waals surface area contributed by atoms with Gasteiger partial charge in [-0.2, -0.15) is 0 Å². The molecule has 2 aromatic rings. The summed E-state index contributed by atoms with van der Waals surface area (Å²) in [6, 6.07) is 6.16. The molecule has 0 atom stereocenters. The molecule has 0 spiro atoms. The van der Waals surface area contributed by atoms with Crippen LogP contribution in [0, 0.1) is 6.92 Å². The van der Waals surface area contributed by atoms with Crippen molar-refractivity contribution < 1.29 is 4.74 Å². The van der Waals surface area contributed by atoms with Crippen molar-refractivity contribution in [1.29, 1.82) is 0 Å². The number of imidazole rings is 1. The van der Waals surface area contributed by atoms with Gasteiger partial charge in [-0.05, 0) is 53.7 Å². The summed E-state index contributed by atoms with van der Waals surface area (Å²) >= 11 is 3.54. The van der Waals surface area contributed by atoms with Crippen LogP contribution in [0.2, 0.25) is 0 Å². The summed E-state index contributed by atoms with van der Waals surface area (Å²) in [5, 5.41) is 3.12. The molecule has 1 heterocycles. The molecule has 0 saturated heterocycles. The smallest absolute Gasteiger partial charge is 0.132 e. The largest absolute Gasteiger partial charge is 0.496 e. The van der Waals surface area contributed by atoms with Gasteiger partial charge in [0.1, 0.15) is 16.2 Å². The van der Waals surface area contributed by atoms with E-state index in [0.717, 1.165) is 39.5 Å².